The SMILES string of the molecule is O=C(O)[C@@H]1CCCN1.O=C(O)[C@@H]1CCCN1.c1ccc2[nH]cnc2c1. The van der Waals surface area contributed by atoms with Crippen LogP contribution in [0.3, 0.4) is 0 Å². The van der Waals surface area contributed by atoms with Gasteiger partial charge in [0.25, 0.3) is 0 Å². The van der Waals surface area contributed by atoms with Crippen molar-refractivity contribution in [3.05, 3.63) is 30.6 Å². The lowest BCUT2D eigenvalue weighted by atomic mass is 10.2. The molecule has 1 aromatic carbocycles. The summed E-state index contributed by atoms with van der Waals surface area (Å²) in [5.74, 6) is -1.44. The number of para-hydroxylation sites is 2. The first-order chi connectivity index (χ1) is 12.1. The molecule has 2 aromatic rings. The number of fused-ring (bicyclic) bond motifs is 1. The van der Waals surface area contributed by atoms with Gasteiger partial charge < -0.3 is 25.8 Å². The van der Waals surface area contributed by atoms with Gasteiger partial charge in [-0.25, -0.2) is 4.98 Å². The maximum absolute atomic E-state index is 10.1. The minimum absolute atomic E-state index is 0.269. The molecule has 0 spiro atoms. The molecule has 1 aromatic heterocycles. The molecule has 0 unspecified atom stereocenters. The van der Waals surface area contributed by atoms with Gasteiger partial charge >= 0.3 is 11.9 Å². The van der Waals surface area contributed by atoms with Crippen LogP contribution in [0.4, 0.5) is 0 Å². The van der Waals surface area contributed by atoms with Gasteiger partial charge in [-0.15, -0.1) is 0 Å². The number of nitrogens with one attached hydrogen (secondary N) is 3. The molecule has 2 fully saturated rings. The van der Waals surface area contributed by atoms with Gasteiger partial charge in [-0.2, -0.15) is 0 Å². The molecular weight excluding hydrogens is 324 g/mol. The Balaban J connectivity index is 0.000000136. The fraction of sp³-hybridized carbons (Fsp3) is 0.471. The molecule has 25 heavy (non-hydrogen) atoms. The molecule has 0 radical (unpaired) electrons. The van der Waals surface area contributed by atoms with Crippen molar-refractivity contribution in [2.75, 3.05) is 13.1 Å². The Labute approximate surface area is 145 Å². The highest BCUT2D eigenvalue weighted by Crippen LogP contribution is 2.05. The average molecular weight is 348 g/mol. The summed E-state index contributed by atoms with van der Waals surface area (Å²) in [4.78, 5) is 27.3. The highest BCUT2D eigenvalue weighted by Gasteiger charge is 2.20. The lowest BCUT2D eigenvalue weighted by Gasteiger charge is -1.99. The third kappa shape index (κ3) is 6.17. The maximum atomic E-state index is 10.1. The van der Waals surface area contributed by atoms with Gasteiger partial charge in [0.15, 0.2) is 0 Å². The number of aromatic amines is 1. The van der Waals surface area contributed by atoms with Gasteiger partial charge in [-0.1, -0.05) is 12.1 Å². The van der Waals surface area contributed by atoms with E-state index in [1.54, 1.807) is 6.33 Å². The Morgan fingerprint density at radius 1 is 0.960 bits per heavy atom. The summed E-state index contributed by atoms with van der Waals surface area (Å²) in [6, 6.07) is 7.41. The lowest BCUT2D eigenvalue weighted by Crippen LogP contribution is -2.29. The predicted octanol–water partition coefficient (Wildman–Crippen LogP) is 1.21. The summed E-state index contributed by atoms with van der Waals surface area (Å²) >= 11 is 0. The largest absolute Gasteiger partial charge is 0.480 e. The number of aromatic nitrogens is 2. The van der Waals surface area contributed by atoms with Crippen LogP contribution < -0.4 is 10.6 Å². The number of nitrogens with zero attached hydrogens (tertiary/aromatic N) is 1. The van der Waals surface area contributed by atoms with E-state index in [1.807, 2.05) is 24.3 Å². The second-order valence-electron chi connectivity index (χ2n) is 5.89. The Morgan fingerprint density at radius 2 is 1.52 bits per heavy atom. The molecule has 8 nitrogen and oxygen atoms in total. The molecule has 3 heterocycles. The van der Waals surface area contributed by atoms with E-state index in [4.69, 9.17) is 10.2 Å². The van der Waals surface area contributed by atoms with Crippen LogP contribution in [-0.4, -0.2) is 57.3 Å². The van der Waals surface area contributed by atoms with E-state index in [9.17, 15) is 9.59 Å². The van der Waals surface area contributed by atoms with E-state index in [0.717, 1.165) is 49.8 Å². The van der Waals surface area contributed by atoms with Crippen molar-refractivity contribution >= 4 is 23.0 Å². The molecule has 0 saturated carbocycles. The van der Waals surface area contributed by atoms with Crippen molar-refractivity contribution in [1.82, 2.24) is 20.6 Å². The smallest absolute Gasteiger partial charge is 0.320 e. The Kier molecular flexibility index (Phi) is 7.36. The van der Waals surface area contributed by atoms with Crippen LogP contribution in [-0.2, 0) is 9.59 Å². The third-order valence-electron chi connectivity index (χ3n) is 4.04. The van der Waals surface area contributed by atoms with Crippen molar-refractivity contribution in [1.29, 1.82) is 0 Å². The topological polar surface area (TPSA) is 127 Å². The number of hydrogen-bond donors (Lipinski definition) is 5. The monoisotopic (exact) mass is 348 g/mol. The average Bonchev–Trinajstić information content (AvgIpc) is 3.37. The Hall–Kier alpha value is -2.45. The minimum Gasteiger partial charge on any atom is -0.480 e. The van der Waals surface area contributed by atoms with Gasteiger partial charge in [0.05, 0.1) is 17.4 Å². The quantitative estimate of drug-likeness (QED) is 0.552. The summed E-state index contributed by atoms with van der Waals surface area (Å²) in [6.45, 7) is 1.72. The number of H-pyrrole nitrogens is 1. The molecule has 0 aliphatic carbocycles. The molecule has 2 aliphatic rings. The van der Waals surface area contributed by atoms with Crippen LogP contribution in [0.25, 0.3) is 11.0 Å². The maximum Gasteiger partial charge on any atom is 0.320 e. The summed E-state index contributed by atoms with van der Waals surface area (Å²) < 4.78 is 0. The van der Waals surface area contributed by atoms with Gasteiger partial charge in [0.2, 0.25) is 0 Å². The standard InChI is InChI=1S/C7H6N2.2C5H9NO2/c1-2-4-7-6(3-1)8-5-9-7;2*7-5(8)4-2-1-3-6-4/h1-5H,(H,8,9);2*4,6H,1-3H2,(H,7,8)/t;2*4-/m.00/s1. The van der Waals surface area contributed by atoms with Crippen LogP contribution in [0.1, 0.15) is 25.7 Å². The van der Waals surface area contributed by atoms with Crippen molar-refractivity contribution < 1.29 is 19.8 Å². The zero-order valence-corrected chi connectivity index (χ0v) is 13.9. The first-order valence-electron chi connectivity index (χ1n) is 8.38. The minimum atomic E-state index is -0.720. The van der Waals surface area contributed by atoms with Crippen LogP contribution in [0.2, 0.25) is 0 Å². The van der Waals surface area contributed by atoms with E-state index in [2.05, 4.69) is 20.6 Å². The molecule has 2 saturated heterocycles. The second-order valence-corrected chi connectivity index (χ2v) is 5.89. The molecule has 2 aliphatic heterocycles. The number of hydrogen-bond acceptors (Lipinski definition) is 5. The Bertz CT molecular complexity index is 620. The summed E-state index contributed by atoms with van der Waals surface area (Å²) in [6.07, 6.45) is 5.27. The van der Waals surface area contributed by atoms with Crippen LogP contribution in [0.5, 0.6) is 0 Å². The number of benzene rings is 1. The van der Waals surface area contributed by atoms with Crippen LogP contribution in [0.15, 0.2) is 30.6 Å². The molecule has 8 heteroatoms. The zero-order chi connectivity index (χ0) is 18.1. The van der Waals surface area contributed by atoms with E-state index >= 15 is 0 Å². The normalized spacial score (nSPS) is 21.8. The first kappa shape index (κ1) is 18.9. The molecule has 0 bridgehead atoms. The van der Waals surface area contributed by atoms with E-state index in [-0.39, 0.29) is 12.1 Å². The first-order valence-corrected chi connectivity index (χ1v) is 8.38. The van der Waals surface area contributed by atoms with Gasteiger partial charge in [0.1, 0.15) is 12.1 Å². The highest BCUT2D eigenvalue weighted by atomic mass is 16.4. The molecular formula is C17H24N4O4. The number of carbonyl (C=O) groups is 2. The van der Waals surface area contributed by atoms with Crippen molar-refractivity contribution in [3.8, 4) is 0 Å². The number of carboxylic acids is 2. The fourth-order valence-corrected chi connectivity index (χ4v) is 2.67. The van der Waals surface area contributed by atoms with Crippen LogP contribution >= 0.6 is 0 Å². The van der Waals surface area contributed by atoms with Crippen molar-refractivity contribution in [2.24, 2.45) is 0 Å². The lowest BCUT2D eigenvalue weighted by molar-refractivity contribution is -0.140. The van der Waals surface area contributed by atoms with Crippen molar-refractivity contribution in [2.45, 2.75) is 37.8 Å². The predicted molar refractivity (Wildman–Crippen MR) is 93.4 cm³/mol. The molecule has 0 amide bonds. The summed E-state index contributed by atoms with van der Waals surface area (Å²) in [5.41, 5.74) is 2.12. The number of carboxylic acid groups (broad SMARTS) is 2. The van der Waals surface area contributed by atoms with Crippen molar-refractivity contribution in [3.63, 3.8) is 0 Å². The van der Waals surface area contributed by atoms with Gasteiger partial charge in [-0.05, 0) is 50.9 Å². The third-order valence-corrected chi connectivity index (χ3v) is 4.04. The van der Waals surface area contributed by atoms with E-state index in [1.165, 1.54) is 0 Å². The number of aliphatic carboxylic acids is 2. The molecule has 4 rings (SSSR count). The molecule has 5 N–H and O–H groups in total. The molecule has 136 valence electrons. The number of rotatable bonds is 2. The van der Waals surface area contributed by atoms with E-state index in [0.29, 0.717) is 0 Å². The summed E-state index contributed by atoms with van der Waals surface area (Å²) in [7, 11) is 0. The second kappa shape index (κ2) is 9.75. The highest BCUT2D eigenvalue weighted by molar-refractivity contribution is 5.74. The fourth-order valence-electron chi connectivity index (χ4n) is 2.67. The van der Waals surface area contributed by atoms with E-state index < -0.39 is 11.9 Å². The van der Waals surface area contributed by atoms with Gasteiger partial charge in [-0.3, -0.25) is 9.59 Å². The number of imidazole rings is 1. The van der Waals surface area contributed by atoms with Gasteiger partial charge in [0, 0.05) is 0 Å². The zero-order valence-electron chi connectivity index (χ0n) is 13.9. The summed E-state index contributed by atoms with van der Waals surface area (Å²) in [5, 5.41) is 22.4. The van der Waals surface area contributed by atoms with Crippen LogP contribution in [0, 0.1) is 0 Å². The Morgan fingerprint density at radius 3 is 1.92 bits per heavy atom. The molecule has 2 atom stereocenters.